The van der Waals surface area contributed by atoms with Crippen LogP contribution in [-0.2, 0) is 0 Å². The van der Waals surface area contributed by atoms with E-state index in [9.17, 15) is 4.79 Å². The zero-order chi connectivity index (χ0) is 17.9. The van der Waals surface area contributed by atoms with Crippen LogP contribution in [0.15, 0.2) is 36.8 Å². The smallest absolute Gasteiger partial charge is 0.287 e. The van der Waals surface area contributed by atoms with E-state index in [2.05, 4.69) is 40.4 Å². The summed E-state index contributed by atoms with van der Waals surface area (Å²) >= 11 is 0. The largest absolute Gasteiger partial charge is 0.347 e. The molecule has 4 heterocycles. The number of pyridine rings is 1. The number of carbonyl (C=O) groups excluding carboxylic acids is 1. The minimum absolute atomic E-state index is 0.0643. The minimum Gasteiger partial charge on any atom is -0.347 e. The predicted molar refractivity (Wildman–Crippen MR) is 96.2 cm³/mol. The first kappa shape index (κ1) is 15.9. The van der Waals surface area contributed by atoms with E-state index in [1.165, 1.54) is 0 Å². The maximum Gasteiger partial charge on any atom is 0.287 e. The van der Waals surface area contributed by atoms with Crippen molar-refractivity contribution >= 4 is 34.3 Å². The van der Waals surface area contributed by atoms with Gasteiger partial charge in [-0.1, -0.05) is 6.08 Å². The molecule has 0 fully saturated rings. The van der Waals surface area contributed by atoms with Crippen LogP contribution in [0.25, 0.3) is 28.4 Å². The van der Waals surface area contributed by atoms with E-state index in [0.29, 0.717) is 23.2 Å². The van der Waals surface area contributed by atoms with Crippen molar-refractivity contribution in [1.82, 2.24) is 40.4 Å². The van der Waals surface area contributed by atoms with Gasteiger partial charge >= 0.3 is 0 Å². The average Bonchev–Trinajstić information content (AvgIpc) is 3.27. The molecule has 4 rings (SSSR count). The van der Waals surface area contributed by atoms with Crippen molar-refractivity contribution in [3.05, 3.63) is 48.3 Å². The maximum absolute atomic E-state index is 12.3. The number of nitrogens with one attached hydrogen (secondary N) is 3. The van der Waals surface area contributed by atoms with Crippen LogP contribution in [0.5, 0.6) is 0 Å². The summed E-state index contributed by atoms with van der Waals surface area (Å²) in [4.78, 5) is 32.2. The molecule has 9 heteroatoms. The fraction of sp³-hybridized carbons (Fsp3) is 0.176. The molecule has 0 unspecified atom stereocenters. The van der Waals surface area contributed by atoms with E-state index in [4.69, 9.17) is 0 Å². The maximum atomic E-state index is 12.3. The summed E-state index contributed by atoms with van der Waals surface area (Å²) in [5.41, 5.74) is 3.37. The molecule has 0 aliphatic rings. The van der Waals surface area contributed by atoms with Crippen molar-refractivity contribution in [1.29, 1.82) is 0 Å². The molecule has 0 saturated carbocycles. The van der Waals surface area contributed by atoms with Gasteiger partial charge in [0.05, 0.1) is 23.6 Å². The fourth-order valence-corrected chi connectivity index (χ4v) is 2.53. The van der Waals surface area contributed by atoms with Crippen LogP contribution in [0.1, 0.15) is 29.7 Å². The Morgan fingerprint density at radius 2 is 2.23 bits per heavy atom. The van der Waals surface area contributed by atoms with Gasteiger partial charge in [-0.15, -0.1) is 0 Å². The molecule has 0 aliphatic heterocycles. The molecule has 4 aromatic rings. The van der Waals surface area contributed by atoms with E-state index in [1.54, 1.807) is 24.7 Å². The summed E-state index contributed by atoms with van der Waals surface area (Å²) in [6.45, 7) is 1.92. The van der Waals surface area contributed by atoms with Gasteiger partial charge in [0.2, 0.25) is 0 Å². The highest BCUT2D eigenvalue weighted by molar-refractivity contribution is 5.93. The second-order valence-electron chi connectivity index (χ2n) is 5.87. The van der Waals surface area contributed by atoms with Crippen LogP contribution in [-0.4, -0.2) is 47.1 Å². The minimum atomic E-state index is -0.261. The molecule has 0 saturated heterocycles. The molecule has 9 nitrogen and oxygen atoms in total. The Kier molecular flexibility index (Phi) is 4.10. The Labute approximate surface area is 148 Å². The number of fused-ring (bicyclic) bond motifs is 2. The summed E-state index contributed by atoms with van der Waals surface area (Å²) in [5.74, 6) is -0.00526. The Bertz CT molecular complexity index is 1060. The van der Waals surface area contributed by atoms with Crippen LogP contribution in [0.3, 0.4) is 0 Å². The number of aromatic nitrogens is 7. The van der Waals surface area contributed by atoms with E-state index in [-0.39, 0.29) is 17.8 Å². The Hall–Kier alpha value is -3.62. The van der Waals surface area contributed by atoms with Crippen molar-refractivity contribution < 1.29 is 4.79 Å². The number of amides is 1. The molecule has 1 atom stereocenters. The van der Waals surface area contributed by atoms with Gasteiger partial charge in [-0.25, -0.2) is 19.9 Å². The number of hydrogen-bond donors (Lipinski definition) is 3. The Morgan fingerprint density at radius 3 is 3.12 bits per heavy atom. The first-order valence-electron chi connectivity index (χ1n) is 8.13. The summed E-state index contributed by atoms with van der Waals surface area (Å²) < 4.78 is 0. The predicted octanol–water partition coefficient (Wildman–Crippen LogP) is 1.85. The van der Waals surface area contributed by atoms with Crippen molar-refractivity contribution in [2.75, 3.05) is 0 Å². The van der Waals surface area contributed by atoms with Gasteiger partial charge in [0, 0.05) is 12.2 Å². The van der Waals surface area contributed by atoms with Gasteiger partial charge < -0.3 is 10.3 Å². The summed E-state index contributed by atoms with van der Waals surface area (Å²) in [7, 11) is 0. The van der Waals surface area contributed by atoms with Crippen molar-refractivity contribution in [2.45, 2.75) is 19.4 Å². The van der Waals surface area contributed by atoms with Crippen LogP contribution in [0.4, 0.5) is 0 Å². The number of rotatable bonds is 5. The number of imidazole rings is 1. The van der Waals surface area contributed by atoms with Crippen LogP contribution in [0.2, 0.25) is 0 Å². The van der Waals surface area contributed by atoms with Crippen LogP contribution in [0, 0.1) is 0 Å². The highest BCUT2D eigenvalue weighted by atomic mass is 16.2. The molecule has 130 valence electrons. The molecule has 26 heavy (non-hydrogen) atoms. The number of aromatic amines is 2. The lowest BCUT2D eigenvalue weighted by atomic mass is 10.2. The molecule has 0 bridgehead atoms. The van der Waals surface area contributed by atoms with Crippen LogP contribution < -0.4 is 5.32 Å². The van der Waals surface area contributed by atoms with Crippen molar-refractivity contribution in [3.63, 3.8) is 0 Å². The van der Waals surface area contributed by atoms with Gasteiger partial charge in [-0.05, 0) is 31.6 Å². The Morgan fingerprint density at radius 1 is 1.31 bits per heavy atom. The van der Waals surface area contributed by atoms with Crippen molar-refractivity contribution in [3.8, 4) is 0 Å². The highest BCUT2D eigenvalue weighted by Crippen LogP contribution is 2.09. The van der Waals surface area contributed by atoms with E-state index in [1.807, 2.05) is 25.1 Å². The molecule has 1 amide bonds. The van der Waals surface area contributed by atoms with E-state index >= 15 is 0 Å². The van der Waals surface area contributed by atoms with Gasteiger partial charge in [0.15, 0.2) is 17.1 Å². The van der Waals surface area contributed by atoms with Crippen molar-refractivity contribution in [2.24, 2.45) is 0 Å². The highest BCUT2D eigenvalue weighted by Gasteiger charge is 2.13. The SMILES string of the molecule is C[C@@H](C/C=C/c1cnc2[nH]ncc2n1)NC(=O)c1nc2ncccc2[nH]1. The zero-order valence-corrected chi connectivity index (χ0v) is 14.0. The van der Waals surface area contributed by atoms with Crippen LogP contribution >= 0.6 is 0 Å². The first-order chi connectivity index (χ1) is 12.7. The summed E-state index contributed by atoms with van der Waals surface area (Å²) in [6, 6.07) is 3.56. The Balaban J connectivity index is 1.36. The third-order valence-corrected chi connectivity index (χ3v) is 3.80. The van der Waals surface area contributed by atoms with E-state index in [0.717, 1.165) is 11.2 Å². The number of nitrogens with zero attached hydrogens (tertiary/aromatic N) is 5. The van der Waals surface area contributed by atoms with E-state index < -0.39 is 0 Å². The second-order valence-corrected chi connectivity index (χ2v) is 5.87. The lowest BCUT2D eigenvalue weighted by Crippen LogP contribution is -2.32. The molecule has 3 N–H and O–H groups in total. The molecule has 0 aromatic carbocycles. The number of H-pyrrole nitrogens is 2. The lowest BCUT2D eigenvalue weighted by molar-refractivity contribution is 0.0931. The second kappa shape index (κ2) is 6.71. The van der Waals surface area contributed by atoms with Gasteiger partial charge in [-0.2, -0.15) is 5.10 Å². The molecular weight excluding hydrogens is 332 g/mol. The molecule has 0 spiro atoms. The lowest BCUT2D eigenvalue weighted by Gasteiger charge is -2.10. The van der Waals surface area contributed by atoms with Gasteiger partial charge in [-0.3, -0.25) is 9.89 Å². The standard InChI is InChI=1S/C17H16N8O/c1-10(4-2-5-11-8-19-15-13(22-11)9-20-25-15)21-17(26)16-23-12-6-3-7-18-14(12)24-16/h2-3,5-10H,4H2,1H3,(H,21,26)(H,18,23,24)(H,19,20,25)/b5-2+/t10-/m0/s1. The number of hydrogen-bond acceptors (Lipinski definition) is 6. The quantitative estimate of drug-likeness (QED) is 0.505. The molecule has 0 radical (unpaired) electrons. The number of carbonyl (C=O) groups is 1. The molecule has 4 aromatic heterocycles. The first-order valence-corrected chi connectivity index (χ1v) is 8.13. The topological polar surface area (TPSA) is 125 Å². The van der Waals surface area contributed by atoms with Gasteiger partial charge in [0.1, 0.15) is 5.52 Å². The zero-order valence-electron chi connectivity index (χ0n) is 14.0. The fourth-order valence-electron chi connectivity index (χ4n) is 2.53. The third kappa shape index (κ3) is 3.27. The average molecular weight is 348 g/mol. The monoisotopic (exact) mass is 348 g/mol. The summed E-state index contributed by atoms with van der Waals surface area (Å²) in [5, 5.41) is 9.56. The van der Waals surface area contributed by atoms with Gasteiger partial charge in [0.25, 0.3) is 5.91 Å². The molecule has 0 aliphatic carbocycles. The molecular formula is C17H16N8O. The summed E-state index contributed by atoms with van der Waals surface area (Å²) in [6.07, 6.45) is 9.40. The normalized spacial score (nSPS) is 12.8. The third-order valence-electron chi connectivity index (χ3n) is 3.80.